The quantitative estimate of drug-likeness (QED) is 0.617. The van der Waals surface area contributed by atoms with Crippen LogP contribution in [0, 0.1) is 11.8 Å². The van der Waals surface area contributed by atoms with Gasteiger partial charge in [-0.3, -0.25) is 9.69 Å². The maximum atomic E-state index is 12.6. The minimum Gasteiger partial charge on any atom is -0.293 e. The van der Waals surface area contributed by atoms with Crippen molar-refractivity contribution in [3.05, 3.63) is 35.9 Å². The van der Waals surface area contributed by atoms with E-state index in [1.54, 1.807) is 0 Å². The Morgan fingerprint density at radius 1 is 0.905 bits per heavy atom. The Balaban J connectivity index is 2.72. The first-order valence-corrected chi connectivity index (χ1v) is 8.25. The van der Waals surface area contributed by atoms with Crippen LogP contribution in [-0.2, 0) is 0 Å². The predicted octanol–water partition coefficient (Wildman–Crippen LogP) is 4.65. The summed E-state index contributed by atoms with van der Waals surface area (Å²) in [5.41, 5.74) is 0.823. The summed E-state index contributed by atoms with van der Waals surface area (Å²) in [4.78, 5) is 15.0. The molecule has 0 aliphatic carbocycles. The summed E-state index contributed by atoms with van der Waals surface area (Å²) in [5.74, 6) is 1.58. The van der Waals surface area contributed by atoms with Crippen LogP contribution in [0.2, 0.25) is 0 Å². The zero-order chi connectivity index (χ0) is 15.8. The fourth-order valence-corrected chi connectivity index (χ4v) is 2.36. The summed E-state index contributed by atoms with van der Waals surface area (Å²) in [7, 11) is 0. The smallest absolute Gasteiger partial charge is 0.179 e. The van der Waals surface area contributed by atoms with E-state index in [0.717, 1.165) is 31.5 Å². The molecule has 1 unspecified atom stereocenters. The summed E-state index contributed by atoms with van der Waals surface area (Å²) in [6, 6.07) is 9.63. The standard InChI is InChI=1S/C19H31NO/c1-15(2)11-13-20(14-12-16(3)4)17(5)19(21)18-9-7-6-8-10-18/h6-10,15-17H,11-14H2,1-5H3. The van der Waals surface area contributed by atoms with Crippen molar-refractivity contribution >= 4 is 5.78 Å². The van der Waals surface area contributed by atoms with E-state index >= 15 is 0 Å². The van der Waals surface area contributed by atoms with E-state index in [4.69, 9.17) is 0 Å². The molecule has 0 radical (unpaired) electrons. The van der Waals surface area contributed by atoms with Crippen molar-refractivity contribution in [2.75, 3.05) is 13.1 Å². The van der Waals surface area contributed by atoms with Crippen LogP contribution in [-0.4, -0.2) is 29.8 Å². The van der Waals surface area contributed by atoms with Gasteiger partial charge in [0.25, 0.3) is 0 Å². The summed E-state index contributed by atoms with van der Waals surface area (Å²) in [5, 5.41) is 0. The number of Topliss-reactive ketones (excluding diaryl/α,β-unsaturated/α-hetero) is 1. The van der Waals surface area contributed by atoms with Crippen molar-refractivity contribution < 1.29 is 4.79 Å². The van der Waals surface area contributed by atoms with Crippen molar-refractivity contribution in [2.24, 2.45) is 11.8 Å². The Labute approximate surface area is 130 Å². The number of nitrogens with zero attached hydrogens (tertiary/aromatic N) is 1. The summed E-state index contributed by atoms with van der Waals surface area (Å²) in [6.45, 7) is 13.0. The second kappa shape index (κ2) is 8.99. The molecule has 0 amide bonds. The van der Waals surface area contributed by atoms with Crippen molar-refractivity contribution in [2.45, 2.75) is 53.5 Å². The number of benzene rings is 1. The summed E-state index contributed by atoms with van der Waals surface area (Å²) < 4.78 is 0. The van der Waals surface area contributed by atoms with Crippen molar-refractivity contribution in [3.63, 3.8) is 0 Å². The first-order chi connectivity index (χ1) is 9.91. The van der Waals surface area contributed by atoms with E-state index in [1.165, 1.54) is 0 Å². The monoisotopic (exact) mass is 289 g/mol. The second-order valence-electron chi connectivity index (χ2n) is 6.81. The van der Waals surface area contributed by atoms with Crippen LogP contribution in [0.25, 0.3) is 0 Å². The highest BCUT2D eigenvalue weighted by Gasteiger charge is 2.22. The molecule has 2 heteroatoms. The van der Waals surface area contributed by atoms with E-state index in [1.807, 2.05) is 30.3 Å². The molecule has 0 aromatic heterocycles. The van der Waals surface area contributed by atoms with Gasteiger partial charge >= 0.3 is 0 Å². The van der Waals surface area contributed by atoms with Crippen LogP contribution in [0.15, 0.2) is 30.3 Å². The van der Waals surface area contributed by atoms with E-state index < -0.39 is 0 Å². The molecule has 0 spiro atoms. The molecule has 0 aliphatic rings. The largest absolute Gasteiger partial charge is 0.293 e. The third-order valence-electron chi connectivity index (χ3n) is 3.97. The fourth-order valence-electron chi connectivity index (χ4n) is 2.36. The highest BCUT2D eigenvalue weighted by atomic mass is 16.1. The van der Waals surface area contributed by atoms with Gasteiger partial charge in [-0.15, -0.1) is 0 Å². The lowest BCUT2D eigenvalue weighted by molar-refractivity contribution is 0.0823. The van der Waals surface area contributed by atoms with Gasteiger partial charge in [-0.2, -0.15) is 0 Å². The molecule has 0 bridgehead atoms. The zero-order valence-corrected chi connectivity index (χ0v) is 14.3. The Morgan fingerprint density at radius 3 is 1.81 bits per heavy atom. The molecule has 118 valence electrons. The third-order valence-corrected chi connectivity index (χ3v) is 3.97. The number of hydrogen-bond donors (Lipinski definition) is 0. The molecular weight excluding hydrogens is 258 g/mol. The molecule has 2 nitrogen and oxygen atoms in total. The third kappa shape index (κ3) is 6.43. The lowest BCUT2D eigenvalue weighted by Crippen LogP contribution is -2.41. The maximum absolute atomic E-state index is 12.6. The van der Waals surface area contributed by atoms with Crippen LogP contribution in [0.1, 0.15) is 57.8 Å². The van der Waals surface area contributed by atoms with Gasteiger partial charge in [0.15, 0.2) is 5.78 Å². The SMILES string of the molecule is CC(C)CCN(CCC(C)C)C(C)C(=O)c1ccccc1. The van der Waals surface area contributed by atoms with Gasteiger partial charge in [-0.05, 0) is 44.7 Å². The average molecular weight is 289 g/mol. The number of rotatable bonds is 9. The Morgan fingerprint density at radius 2 is 1.38 bits per heavy atom. The molecule has 0 aliphatic heterocycles. The van der Waals surface area contributed by atoms with Crippen LogP contribution in [0.5, 0.6) is 0 Å². The summed E-state index contributed by atoms with van der Waals surface area (Å²) in [6.07, 6.45) is 2.29. The Hall–Kier alpha value is -1.15. The van der Waals surface area contributed by atoms with Crippen molar-refractivity contribution in [3.8, 4) is 0 Å². The molecule has 0 saturated heterocycles. The molecule has 1 rings (SSSR count). The minimum atomic E-state index is -0.0371. The Bertz CT molecular complexity index is 399. The van der Waals surface area contributed by atoms with E-state index in [0.29, 0.717) is 11.8 Å². The molecule has 0 heterocycles. The number of carbonyl (C=O) groups is 1. The molecule has 0 fully saturated rings. The van der Waals surface area contributed by atoms with Gasteiger partial charge in [-0.25, -0.2) is 0 Å². The molecular formula is C19H31NO. The topological polar surface area (TPSA) is 20.3 Å². The maximum Gasteiger partial charge on any atom is 0.179 e. The van der Waals surface area contributed by atoms with Crippen LogP contribution in [0.4, 0.5) is 0 Å². The summed E-state index contributed by atoms with van der Waals surface area (Å²) >= 11 is 0. The van der Waals surface area contributed by atoms with Crippen molar-refractivity contribution in [1.82, 2.24) is 4.90 Å². The molecule has 0 saturated carbocycles. The van der Waals surface area contributed by atoms with Gasteiger partial charge in [0.05, 0.1) is 6.04 Å². The lowest BCUT2D eigenvalue weighted by atomic mass is 10.0. The first kappa shape index (κ1) is 17.9. The van der Waals surface area contributed by atoms with Gasteiger partial charge in [0, 0.05) is 5.56 Å². The molecule has 21 heavy (non-hydrogen) atoms. The number of hydrogen-bond acceptors (Lipinski definition) is 2. The zero-order valence-electron chi connectivity index (χ0n) is 14.3. The van der Waals surface area contributed by atoms with Gasteiger partial charge in [0.2, 0.25) is 0 Å². The molecule has 1 aromatic rings. The van der Waals surface area contributed by atoms with Crippen LogP contribution >= 0.6 is 0 Å². The Kier molecular flexibility index (Phi) is 7.66. The average Bonchev–Trinajstić information content (AvgIpc) is 2.46. The highest BCUT2D eigenvalue weighted by molar-refractivity contribution is 5.99. The second-order valence-corrected chi connectivity index (χ2v) is 6.81. The minimum absolute atomic E-state index is 0.0371. The normalized spacial score (nSPS) is 13.1. The molecule has 1 aromatic carbocycles. The van der Waals surface area contributed by atoms with E-state index in [9.17, 15) is 4.79 Å². The van der Waals surface area contributed by atoms with Gasteiger partial charge in [0.1, 0.15) is 0 Å². The fraction of sp³-hybridized carbons (Fsp3) is 0.632. The van der Waals surface area contributed by atoms with Gasteiger partial charge < -0.3 is 0 Å². The van der Waals surface area contributed by atoms with Crippen molar-refractivity contribution in [1.29, 1.82) is 0 Å². The van der Waals surface area contributed by atoms with Crippen LogP contribution in [0.3, 0.4) is 0 Å². The lowest BCUT2D eigenvalue weighted by Gasteiger charge is -2.29. The highest BCUT2D eigenvalue weighted by Crippen LogP contribution is 2.14. The van der Waals surface area contributed by atoms with E-state index in [2.05, 4.69) is 39.5 Å². The first-order valence-electron chi connectivity index (χ1n) is 8.25. The van der Waals surface area contributed by atoms with Gasteiger partial charge in [-0.1, -0.05) is 58.0 Å². The van der Waals surface area contributed by atoms with Crippen LogP contribution < -0.4 is 0 Å². The number of ketones is 1. The molecule has 0 N–H and O–H groups in total. The molecule has 1 atom stereocenters. The van der Waals surface area contributed by atoms with E-state index in [-0.39, 0.29) is 11.8 Å². The predicted molar refractivity (Wildman–Crippen MR) is 90.7 cm³/mol. The number of carbonyl (C=O) groups excluding carboxylic acids is 1.